The number of benzene rings is 1. The van der Waals surface area contributed by atoms with Crippen molar-refractivity contribution in [2.75, 3.05) is 5.32 Å². The zero-order chi connectivity index (χ0) is 15.8. The summed E-state index contributed by atoms with van der Waals surface area (Å²) in [5, 5.41) is 2.92. The van der Waals surface area contributed by atoms with Crippen molar-refractivity contribution < 1.29 is 9.18 Å². The number of amides is 1. The molecule has 1 aromatic carbocycles. The van der Waals surface area contributed by atoms with Crippen LogP contribution in [0.2, 0.25) is 0 Å². The average molecular weight is 325 g/mol. The fourth-order valence-electron chi connectivity index (χ4n) is 2.79. The molecule has 1 amide bonds. The first-order chi connectivity index (χ1) is 11.2. The zero-order valence-electron chi connectivity index (χ0n) is 12.0. The Bertz CT molecular complexity index is 861. The molecule has 1 aliphatic rings. The number of rotatable bonds is 2. The minimum absolute atomic E-state index is 0.0425. The van der Waals surface area contributed by atoms with Gasteiger partial charge in [-0.15, -0.1) is 0 Å². The highest BCUT2D eigenvalue weighted by Crippen LogP contribution is 2.44. The molecule has 23 heavy (non-hydrogen) atoms. The SMILES string of the molecule is O=C1CC(c2cccnc2)c2snc(-c3ccc(F)cc3)c2N1. The Morgan fingerprint density at radius 2 is 2.04 bits per heavy atom. The van der Waals surface area contributed by atoms with E-state index in [0.717, 1.165) is 21.7 Å². The van der Waals surface area contributed by atoms with Crippen LogP contribution in [0.5, 0.6) is 0 Å². The fraction of sp³-hybridized carbons (Fsp3) is 0.118. The Kier molecular flexibility index (Phi) is 3.38. The van der Waals surface area contributed by atoms with Gasteiger partial charge in [0.05, 0.1) is 10.6 Å². The molecule has 0 spiro atoms. The lowest BCUT2D eigenvalue weighted by molar-refractivity contribution is -0.116. The molecule has 1 N–H and O–H groups in total. The Morgan fingerprint density at radius 1 is 1.22 bits per heavy atom. The minimum atomic E-state index is -0.296. The highest BCUT2D eigenvalue weighted by atomic mass is 32.1. The van der Waals surface area contributed by atoms with Crippen LogP contribution < -0.4 is 5.32 Å². The van der Waals surface area contributed by atoms with E-state index in [2.05, 4.69) is 14.7 Å². The van der Waals surface area contributed by atoms with E-state index in [1.54, 1.807) is 24.5 Å². The van der Waals surface area contributed by atoms with Crippen molar-refractivity contribution >= 4 is 23.1 Å². The van der Waals surface area contributed by atoms with E-state index in [9.17, 15) is 9.18 Å². The molecule has 4 nitrogen and oxygen atoms in total. The summed E-state index contributed by atoms with van der Waals surface area (Å²) in [7, 11) is 0. The van der Waals surface area contributed by atoms with E-state index in [1.165, 1.54) is 23.7 Å². The van der Waals surface area contributed by atoms with Crippen molar-refractivity contribution in [3.05, 3.63) is 65.0 Å². The number of hydrogen-bond donors (Lipinski definition) is 1. The zero-order valence-corrected chi connectivity index (χ0v) is 12.8. The van der Waals surface area contributed by atoms with Crippen molar-refractivity contribution in [1.29, 1.82) is 0 Å². The molecule has 0 fully saturated rings. The minimum Gasteiger partial charge on any atom is -0.323 e. The van der Waals surface area contributed by atoms with Gasteiger partial charge in [0.15, 0.2) is 0 Å². The number of carbonyl (C=O) groups is 1. The van der Waals surface area contributed by atoms with Gasteiger partial charge in [0.1, 0.15) is 11.5 Å². The quantitative estimate of drug-likeness (QED) is 0.779. The largest absolute Gasteiger partial charge is 0.323 e. The van der Waals surface area contributed by atoms with E-state index >= 15 is 0 Å². The van der Waals surface area contributed by atoms with Crippen LogP contribution >= 0.6 is 11.5 Å². The molecule has 1 aliphatic heterocycles. The Hall–Kier alpha value is -2.60. The van der Waals surface area contributed by atoms with Gasteiger partial charge < -0.3 is 5.32 Å². The van der Waals surface area contributed by atoms with Gasteiger partial charge in [-0.3, -0.25) is 9.78 Å². The van der Waals surface area contributed by atoms with Crippen molar-refractivity contribution in [3.63, 3.8) is 0 Å². The van der Waals surface area contributed by atoms with E-state index in [0.29, 0.717) is 12.1 Å². The van der Waals surface area contributed by atoms with Gasteiger partial charge in [0.25, 0.3) is 0 Å². The summed E-state index contributed by atoms with van der Waals surface area (Å²) in [5.41, 5.74) is 3.20. The number of aromatic nitrogens is 2. The van der Waals surface area contributed by atoms with Crippen LogP contribution in [0.1, 0.15) is 22.8 Å². The molecule has 4 rings (SSSR count). The summed E-state index contributed by atoms with van der Waals surface area (Å²) in [4.78, 5) is 17.3. The van der Waals surface area contributed by atoms with Crippen molar-refractivity contribution in [2.24, 2.45) is 0 Å². The van der Waals surface area contributed by atoms with E-state index in [1.807, 2.05) is 12.1 Å². The maximum atomic E-state index is 13.1. The summed E-state index contributed by atoms with van der Waals surface area (Å²) >= 11 is 1.37. The monoisotopic (exact) mass is 325 g/mol. The second-order valence-electron chi connectivity index (χ2n) is 5.37. The number of halogens is 1. The second kappa shape index (κ2) is 5.55. The van der Waals surface area contributed by atoms with Crippen molar-refractivity contribution in [1.82, 2.24) is 9.36 Å². The molecule has 6 heteroatoms. The first kappa shape index (κ1) is 14.0. The van der Waals surface area contributed by atoms with Crippen molar-refractivity contribution in [3.8, 4) is 11.3 Å². The smallest absolute Gasteiger partial charge is 0.225 e. The standard InChI is InChI=1S/C17H12FN3OS/c18-12-5-3-10(4-6-12)15-16-17(23-21-15)13(8-14(22)20-16)11-2-1-7-19-9-11/h1-7,9,13H,8H2,(H,20,22). The Balaban J connectivity index is 1.81. The molecule has 114 valence electrons. The molecule has 0 radical (unpaired) electrons. The van der Waals surface area contributed by atoms with Crippen LogP contribution in [0.15, 0.2) is 48.8 Å². The van der Waals surface area contributed by atoms with Gasteiger partial charge >= 0.3 is 0 Å². The number of hydrogen-bond acceptors (Lipinski definition) is 4. The van der Waals surface area contributed by atoms with Crippen LogP contribution in [-0.4, -0.2) is 15.3 Å². The summed E-state index contributed by atoms with van der Waals surface area (Å²) in [6, 6.07) is 9.96. The number of nitrogens with zero attached hydrogens (tertiary/aromatic N) is 2. The number of pyridine rings is 1. The maximum absolute atomic E-state index is 13.1. The van der Waals surface area contributed by atoms with E-state index < -0.39 is 0 Å². The van der Waals surface area contributed by atoms with Crippen molar-refractivity contribution in [2.45, 2.75) is 12.3 Å². The second-order valence-corrected chi connectivity index (χ2v) is 6.17. The maximum Gasteiger partial charge on any atom is 0.225 e. The van der Waals surface area contributed by atoms with Crippen LogP contribution in [0.4, 0.5) is 10.1 Å². The normalized spacial score (nSPS) is 16.7. The third kappa shape index (κ3) is 2.51. The molecule has 0 aliphatic carbocycles. The van der Waals surface area contributed by atoms with Gasteiger partial charge in [-0.1, -0.05) is 6.07 Å². The summed E-state index contributed by atoms with van der Waals surface area (Å²) in [6.45, 7) is 0. The van der Waals surface area contributed by atoms with Gasteiger partial charge in [-0.25, -0.2) is 4.39 Å². The van der Waals surface area contributed by atoms with Gasteiger partial charge in [-0.05, 0) is 47.4 Å². The van der Waals surface area contributed by atoms with Crippen LogP contribution in [0, 0.1) is 5.82 Å². The Labute approximate surface area is 136 Å². The summed E-state index contributed by atoms with van der Waals surface area (Å²) < 4.78 is 17.6. The molecule has 0 saturated carbocycles. The third-order valence-electron chi connectivity index (χ3n) is 3.89. The molecular formula is C17H12FN3OS. The predicted octanol–water partition coefficient (Wildman–Crippen LogP) is 3.82. The molecule has 0 saturated heterocycles. The number of anilines is 1. The number of fused-ring (bicyclic) bond motifs is 1. The summed E-state index contributed by atoms with van der Waals surface area (Å²) in [6.07, 6.45) is 3.87. The van der Waals surface area contributed by atoms with Crippen LogP contribution in [0.3, 0.4) is 0 Å². The van der Waals surface area contributed by atoms with Crippen LogP contribution in [0.25, 0.3) is 11.3 Å². The molecule has 3 aromatic rings. The predicted molar refractivity (Wildman–Crippen MR) is 86.8 cm³/mol. The molecule has 3 heterocycles. The third-order valence-corrected chi connectivity index (χ3v) is 4.85. The molecule has 0 bridgehead atoms. The van der Waals surface area contributed by atoms with Gasteiger partial charge in [0, 0.05) is 30.3 Å². The first-order valence-corrected chi connectivity index (χ1v) is 7.95. The highest BCUT2D eigenvalue weighted by molar-refractivity contribution is 7.07. The molecule has 2 aromatic heterocycles. The summed E-state index contributed by atoms with van der Waals surface area (Å²) in [5.74, 6) is -0.385. The molecular weight excluding hydrogens is 313 g/mol. The number of carbonyl (C=O) groups excluding carboxylic acids is 1. The van der Waals surface area contributed by atoms with Gasteiger partial charge in [0.2, 0.25) is 5.91 Å². The number of nitrogens with one attached hydrogen (secondary N) is 1. The first-order valence-electron chi connectivity index (χ1n) is 7.17. The lowest BCUT2D eigenvalue weighted by Crippen LogP contribution is -2.22. The average Bonchev–Trinajstić information content (AvgIpc) is 2.99. The topological polar surface area (TPSA) is 54.9 Å². The molecule has 1 atom stereocenters. The molecule has 1 unspecified atom stereocenters. The fourth-order valence-corrected chi connectivity index (χ4v) is 3.76. The Morgan fingerprint density at radius 3 is 2.78 bits per heavy atom. The highest BCUT2D eigenvalue weighted by Gasteiger charge is 2.31. The van der Waals surface area contributed by atoms with Gasteiger partial charge in [-0.2, -0.15) is 4.37 Å². The lowest BCUT2D eigenvalue weighted by Gasteiger charge is -2.22. The lowest BCUT2D eigenvalue weighted by atomic mass is 9.90. The van der Waals surface area contributed by atoms with Crippen LogP contribution in [-0.2, 0) is 4.79 Å². The van der Waals surface area contributed by atoms with E-state index in [4.69, 9.17) is 0 Å². The van der Waals surface area contributed by atoms with E-state index in [-0.39, 0.29) is 17.6 Å².